The minimum absolute atomic E-state index is 0.190. The van der Waals surface area contributed by atoms with Gasteiger partial charge in [-0.05, 0) is 51.4 Å². The molecule has 3 heterocycles. The fraction of sp³-hybridized carbons (Fsp3) is 0.611. The quantitative estimate of drug-likeness (QED) is 0.833. The summed E-state index contributed by atoms with van der Waals surface area (Å²) in [5.74, 6) is 1.77. The molecule has 1 aromatic carbocycles. The van der Waals surface area contributed by atoms with Gasteiger partial charge in [0, 0.05) is 29.3 Å². The average molecular weight is 332 g/mol. The molecular formula is C18H24N2O2S. The smallest absolute Gasteiger partial charge is 0.264 e. The van der Waals surface area contributed by atoms with Crippen molar-refractivity contribution in [3.05, 3.63) is 24.3 Å². The number of benzene rings is 1. The highest BCUT2D eigenvalue weighted by atomic mass is 32.2. The highest BCUT2D eigenvalue weighted by Crippen LogP contribution is 2.36. The lowest BCUT2D eigenvalue weighted by Crippen LogP contribution is -2.52. The molecule has 3 aliphatic rings. The van der Waals surface area contributed by atoms with E-state index in [1.165, 1.54) is 12.8 Å². The molecule has 0 spiro atoms. The number of hydrogen-bond acceptors (Lipinski definition) is 4. The van der Waals surface area contributed by atoms with Crippen LogP contribution in [0.15, 0.2) is 29.2 Å². The topological polar surface area (TPSA) is 32.8 Å². The number of likely N-dealkylation sites (N-methyl/N-ethyl adjacent to an activating group) is 1. The fourth-order valence-corrected chi connectivity index (χ4v) is 5.19. The summed E-state index contributed by atoms with van der Waals surface area (Å²) in [5.41, 5.74) is 0. The van der Waals surface area contributed by atoms with Crippen molar-refractivity contribution in [3.8, 4) is 5.75 Å². The molecule has 0 unspecified atom stereocenters. The molecule has 0 radical (unpaired) electrons. The lowest BCUT2D eigenvalue weighted by Gasteiger charge is -2.36. The molecule has 1 aromatic rings. The molecule has 4 nitrogen and oxygen atoms in total. The molecule has 124 valence electrons. The van der Waals surface area contributed by atoms with E-state index < -0.39 is 0 Å². The van der Waals surface area contributed by atoms with Crippen LogP contribution >= 0.6 is 11.8 Å². The first-order valence-corrected chi connectivity index (χ1v) is 9.62. The van der Waals surface area contributed by atoms with E-state index in [4.69, 9.17) is 4.74 Å². The Morgan fingerprint density at radius 2 is 1.96 bits per heavy atom. The first kappa shape index (κ1) is 15.3. The van der Waals surface area contributed by atoms with Gasteiger partial charge in [-0.2, -0.15) is 0 Å². The van der Waals surface area contributed by atoms with E-state index in [9.17, 15) is 4.79 Å². The molecular weight excluding hydrogens is 308 g/mol. The number of ether oxygens (including phenoxy) is 1. The van der Waals surface area contributed by atoms with Crippen LogP contribution in [0.25, 0.3) is 0 Å². The van der Waals surface area contributed by atoms with Gasteiger partial charge in [0.2, 0.25) is 0 Å². The molecule has 3 atom stereocenters. The van der Waals surface area contributed by atoms with Crippen LogP contribution in [0.1, 0.15) is 25.7 Å². The number of para-hydroxylation sites is 1. The molecule has 5 heteroatoms. The van der Waals surface area contributed by atoms with Crippen LogP contribution in [-0.4, -0.2) is 59.8 Å². The Kier molecular flexibility index (Phi) is 4.24. The Bertz CT molecular complexity index is 594. The number of fused-ring (bicyclic) bond motifs is 1. The van der Waals surface area contributed by atoms with Crippen molar-refractivity contribution in [2.75, 3.05) is 25.9 Å². The van der Waals surface area contributed by atoms with Gasteiger partial charge in [0.15, 0.2) is 6.10 Å². The van der Waals surface area contributed by atoms with Crippen molar-refractivity contribution in [2.24, 2.45) is 0 Å². The first-order chi connectivity index (χ1) is 11.2. The summed E-state index contributed by atoms with van der Waals surface area (Å²) < 4.78 is 6.02. The summed E-state index contributed by atoms with van der Waals surface area (Å²) >= 11 is 1.74. The van der Waals surface area contributed by atoms with Crippen LogP contribution in [0.2, 0.25) is 0 Å². The Hall–Kier alpha value is -1.20. The van der Waals surface area contributed by atoms with Crippen molar-refractivity contribution < 1.29 is 9.53 Å². The van der Waals surface area contributed by atoms with E-state index in [0.717, 1.165) is 42.3 Å². The van der Waals surface area contributed by atoms with Crippen LogP contribution in [0.3, 0.4) is 0 Å². The number of hydrogen-bond donors (Lipinski definition) is 0. The number of carbonyl (C=O) groups is 1. The molecule has 1 amide bonds. The second-order valence-electron chi connectivity index (χ2n) is 6.80. The van der Waals surface area contributed by atoms with Gasteiger partial charge in [0.05, 0.1) is 0 Å². The van der Waals surface area contributed by atoms with E-state index in [-0.39, 0.29) is 12.0 Å². The lowest BCUT2D eigenvalue weighted by molar-refractivity contribution is -0.139. The van der Waals surface area contributed by atoms with Crippen LogP contribution in [0, 0.1) is 0 Å². The van der Waals surface area contributed by atoms with Crippen LogP contribution in [-0.2, 0) is 4.79 Å². The normalized spacial score (nSPS) is 31.0. The summed E-state index contributed by atoms with van der Waals surface area (Å²) in [7, 11) is 2.20. The third-order valence-corrected chi connectivity index (χ3v) is 6.51. The van der Waals surface area contributed by atoms with Gasteiger partial charge >= 0.3 is 0 Å². The molecule has 2 saturated heterocycles. The molecule has 3 aliphatic heterocycles. The summed E-state index contributed by atoms with van der Waals surface area (Å²) in [6.45, 7) is 2.05. The van der Waals surface area contributed by atoms with Gasteiger partial charge in [0.25, 0.3) is 5.91 Å². The minimum Gasteiger partial charge on any atom is -0.479 e. The fourth-order valence-electron chi connectivity index (χ4n) is 4.21. The van der Waals surface area contributed by atoms with Gasteiger partial charge in [-0.3, -0.25) is 4.79 Å². The van der Waals surface area contributed by atoms with Crippen molar-refractivity contribution in [2.45, 2.75) is 48.8 Å². The molecule has 4 rings (SSSR count). The number of nitrogens with zero attached hydrogens (tertiary/aromatic N) is 2. The largest absolute Gasteiger partial charge is 0.479 e. The van der Waals surface area contributed by atoms with Crippen molar-refractivity contribution in [1.82, 2.24) is 9.80 Å². The number of amides is 1. The molecule has 23 heavy (non-hydrogen) atoms. The maximum Gasteiger partial charge on any atom is 0.264 e. The summed E-state index contributed by atoms with van der Waals surface area (Å²) in [6.07, 6.45) is 4.40. The Morgan fingerprint density at radius 3 is 2.78 bits per heavy atom. The Morgan fingerprint density at radius 1 is 1.17 bits per heavy atom. The molecule has 0 bridgehead atoms. The number of rotatable bonds is 2. The highest BCUT2D eigenvalue weighted by molar-refractivity contribution is 7.99. The number of likely N-dealkylation sites (tertiary alicyclic amines) is 2. The molecule has 0 aromatic heterocycles. The zero-order chi connectivity index (χ0) is 15.8. The zero-order valence-corrected chi connectivity index (χ0v) is 14.4. The van der Waals surface area contributed by atoms with Crippen LogP contribution < -0.4 is 4.74 Å². The molecule has 0 saturated carbocycles. The van der Waals surface area contributed by atoms with Crippen molar-refractivity contribution in [3.63, 3.8) is 0 Å². The third-order valence-electron chi connectivity index (χ3n) is 5.39. The standard InChI is InChI=1S/C18H24N2O2S/c1-19-10-4-6-13(19)14-7-5-11-20(14)18(21)16-12-23-17-9-3-2-8-15(17)22-16/h2-3,8-9,13-14,16H,4-7,10-12H2,1H3/t13-,14+,16+/m1/s1. The van der Waals surface area contributed by atoms with Crippen molar-refractivity contribution >= 4 is 17.7 Å². The molecule has 0 N–H and O–H groups in total. The Labute approximate surface area is 142 Å². The van der Waals surface area contributed by atoms with E-state index in [1.807, 2.05) is 18.2 Å². The molecule has 0 aliphatic carbocycles. The zero-order valence-electron chi connectivity index (χ0n) is 13.6. The predicted molar refractivity (Wildman–Crippen MR) is 92.0 cm³/mol. The average Bonchev–Trinajstić information content (AvgIpc) is 3.22. The van der Waals surface area contributed by atoms with Crippen LogP contribution in [0.5, 0.6) is 5.75 Å². The Balaban J connectivity index is 1.48. The lowest BCUT2D eigenvalue weighted by atomic mass is 10.0. The second kappa shape index (κ2) is 6.36. The summed E-state index contributed by atoms with van der Waals surface area (Å²) in [5, 5.41) is 0. The maximum atomic E-state index is 13.1. The third kappa shape index (κ3) is 2.85. The van der Waals surface area contributed by atoms with E-state index in [2.05, 4.69) is 22.9 Å². The number of carbonyl (C=O) groups excluding carboxylic acids is 1. The van der Waals surface area contributed by atoms with Gasteiger partial charge < -0.3 is 14.5 Å². The maximum absolute atomic E-state index is 13.1. The van der Waals surface area contributed by atoms with Gasteiger partial charge in [-0.1, -0.05) is 12.1 Å². The number of thioether (sulfide) groups is 1. The van der Waals surface area contributed by atoms with Crippen LogP contribution in [0.4, 0.5) is 0 Å². The summed E-state index contributed by atoms with van der Waals surface area (Å²) in [4.78, 5) is 18.7. The van der Waals surface area contributed by atoms with E-state index in [0.29, 0.717) is 12.1 Å². The van der Waals surface area contributed by atoms with Crippen molar-refractivity contribution in [1.29, 1.82) is 0 Å². The second-order valence-corrected chi connectivity index (χ2v) is 7.86. The minimum atomic E-state index is -0.331. The summed E-state index contributed by atoms with van der Waals surface area (Å²) in [6, 6.07) is 8.92. The predicted octanol–water partition coefficient (Wildman–Crippen LogP) is 2.62. The van der Waals surface area contributed by atoms with E-state index >= 15 is 0 Å². The molecule has 2 fully saturated rings. The van der Waals surface area contributed by atoms with Gasteiger partial charge in [-0.25, -0.2) is 0 Å². The van der Waals surface area contributed by atoms with Gasteiger partial charge in [-0.15, -0.1) is 11.8 Å². The SMILES string of the molecule is CN1CCC[C@@H]1[C@@H]1CCCN1C(=O)[C@@H]1CSc2ccccc2O1. The highest BCUT2D eigenvalue weighted by Gasteiger charge is 2.41. The first-order valence-electron chi connectivity index (χ1n) is 8.63. The van der Waals surface area contributed by atoms with E-state index in [1.54, 1.807) is 11.8 Å². The monoisotopic (exact) mass is 332 g/mol. The van der Waals surface area contributed by atoms with Gasteiger partial charge in [0.1, 0.15) is 5.75 Å².